The molecule has 2 atom stereocenters. The molecule has 5 nitrogen and oxygen atoms in total. The Labute approximate surface area is 109 Å². The second-order valence-electron chi connectivity index (χ2n) is 5.12. The van der Waals surface area contributed by atoms with Crippen molar-refractivity contribution in [3.8, 4) is 0 Å². The van der Waals surface area contributed by atoms with Crippen LogP contribution in [0.5, 0.6) is 0 Å². The first-order valence-corrected chi connectivity index (χ1v) is 6.66. The number of hydrogen-bond acceptors (Lipinski definition) is 3. The molecule has 0 aromatic carbocycles. The van der Waals surface area contributed by atoms with Gasteiger partial charge in [-0.15, -0.1) is 0 Å². The van der Waals surface area contributed by atoms with E-state index in [1.54, 1.807) is 0 Å². The quantitative estimate of drug-likeness (QED) is 0.815. The van der Waals surface area contributed by atoms with Gasteiger partial charge in [0.2, 0.25) is 5.91 Å². The van der Waals surface area contributed by atoms with Gasteiger partial charge in [0, 0.05) is 12.6 Å². The van der Waals surface area contributed by atoms with E-state index in [0.717, 1.165) is 25.8 Å². The molecule has 0 bridgehead atoms. The van der Waals surface area contributed by atoms with Crippen LogP contribution in [0.15, 0.2) is 0 Å². The molecule has 104 valence electrons. The van der Waals surface area contributed by atoms with Gasteiger partial charge in [-0.2, -0.15) is 0 Å². The Morgan fingerprint density at radius 1 is 1.44 bits per heavy atom. The average molecular weight is 256 g/mol. The lowest BCUT2D eigenvalue weighted by atomic mass is 9.94. The summed E-state index contributed by atoms with van der Waals surface area (Å²) in [7, 11) is 1.31. The van der Waals surface area contributed by atoms with Crippen molar-refractivity contribution in [2.24, 2.45) is 5.92 Å². The lowest BCUT2D eigenvalue weighted by Gasteiger charge is -2.43. The van der Waals surface area contributed by atoms with Crippen LogP contribution in [0.2, 0.25) is 0 Å². The van der Waals surface area contributed by atoms with Crippen molar-refractivity contribution in [3.05, 3.63) is 0 Å². The summed E-state index contributed by atoms with van der Waals surface area (Å²) >= 11 is 0. The van der Waals surface area contributed by atoms with Crippen LogP contribution in [0.1, 0.15) is 40.0 Å². The van der Waals surface area contributed by atoms with Gasteiger partial charge in [-0.1, -0.05) is 27.2 Å². The molecule has 1 N–H and O–H groups in total. The van der Waals surface area contributed by atoms with Crippen LogP contribution in [0.3, 0.4) is 0 Å². The zero-order valence-corrected chi connectivity index (χ0v) is 11.7. The fraction of sp³-hybridized carbons (Fsp3) is 0.846. The molecule has 18 heavy (non-hydrogen) atoms. The van der Waals surface area contributed by atoms with Gasteiger partial charge in [-0.05, 0) is 18.8 Å². The number of carbonyl (C=O) groups excluding carboxylic acids is 2. The number of nitrogens with one attached hydrogen (secondary N) is 1. The lowest BCUT2D eigenvalue weighted by Crippen LogP contribution is -2.59. The van der Waals surface area contributed by atoms with Crippen LogP contribution < -0.4 is 5.32 Å². The number of carbonyl (C=O) groups is 2. The summed E-state index contributed by atoms with van der Waals surface area (Å²) in [4.78, 5) is 25.5. The first-order valence-electron chi connectivity index (χ1n) is 6.66. The predicted molar refractivity (Wildman–Crippen MR) is 69.2 cm³/mol. The van der Waals surface area contributed by atoms with E-state index < -0.39 is 12.1 Å². The van der Waals surface area contributed by atoms with E-state index in [1.807, 2.05) is 18.7 Å². The maximum atomic E-state index is 12.4. The highest BCUT2D eigenvalue weighted by molar-refractivity contribution is 5.86. The van der Waals surface area contributed by atoms with Gasteiger partial charge in [0.05, 0.1) is 7.11 Å². The van der Waals surface area contributed by atoms with Gasteiger partial charge in [-0.3, -0.25) is 4.79 Å². The summed E-state index contributed by atoms with van der Waals surface area (Å²) < 4.78 is 4.57. The molecular weight excluding hydrogens is 232 g/mol. The first-order chi connectivity index (χ1) is 8.51. The van der Waals surface area contributed by atoms with E-state index in [2.05, 4.69) is 17.0 Å². The number of methoxy groups -OCH3 is 1. The number of ether oxygens (including phenoxy) is 1. The van der Waals surface area contributed by atoms with Crippen molar-refractivity contribution in [1.29, 1.82) is 0 Å². The molecule has 0 aliphatic carbocycles. The summed E-state index contributed by atoms with van der Waals surface area (Å²) in [6.45, 7) is 6.77. The Hall–Kier alpha value is -1.26. The summed E-state index contributed by atoms with van der Waals surface area (Å²) in [6, 6.07) is -0.139. The minimum absolute atomic E-state index is 0.0140. The Kier molecular flexibility index (Phi) is 5.44. The lowest BCUT2D eigenvalue weighted by molar-refractivity contribution is -0.142. The Balaban J connectivity index is 2.62. The normalized spacial score (nSPS) is 20.3. The number of nitrogens with zero attached hydrogens (tertiary/aromatic N) is 1. The van der Waals surface area contributed by atoms with Crippen molar-refractivity contribution in [3.63, 3.8) is 0 Å². The summed E-state index contributed by atoms with van der Waals surface area (Å²) in [5, 5.41) is 2.63. The molecule has 1 rings (SSSR count). The zero-order chi connectivity index (χ0) is 13.7. The monoisotopic (exact) mass is 256 g/mol. The highest BCUT2D eigenvalue weighted by atomic mass is 16.5. The van der Waals surface area contributed by atoms with Crippen LogP contribution in [-0.4, -0.2) is 42.6 Å². The number of alkyl carbamates (subject to hydrolysis) is 1. The third kappa shape index (κ3) is 3.37. The maximum Gasteiger partial charge on any atom is 0.407 e. The summed E-state index contributed by atoms with van der Waals surface area (Å²) in [6.07, 6.45) is 2.64. The van der Waals surface area contributed by atoms with Gasteiger partial charge in [0.1, 0.15) is 6.04 Å². The van der Waals surface area contributed by atoms with E-state index >= 15 is 0 Å². The standard InChI is InChI=1S/C13H24N2O3/c1-5-6-10-7-8-15(10)12(16)11(9(2)3)14-13(17)18-4/h9-11H,5-8H2,1-4H3,(H,14,17)/t10-,11-/m0/s1. The minimum atomic E-state index is -0.547. The van der Waals surface area contributed by atoms with E-state index in [4.69, 9.17) is 0 Å². The van der Waals surface area contributed by atoms with Crippen LogP contribution in [-0.2, 0) is 9.53 Å². The fourth-order valence-corrected chi connectivity index (χ4v) is 2.24. The van der Waals surface area contributed by atoms with Gasteiger partial charge in [0.15, 0.2) is 0 Å². The van der Waals surface area contributed by atoms with Crippen molar-refractivity contribution in [1.82, 2.24) is 10.2 Å². The molecule has 5 heteroatoms. The van der Waals surface area contributed by atoms with Gasteiger partial charge in [-0.25, -0.2) is 4.79 Å². The van der Waals surface area contributed by atoms with Crippen LogP contribution in [0, 0.1) is 5.92 Å². The average Bonchev–Trinajstić information content (AvgIpc) is 2.30. The second-order valence-corrected chi connectivity index (χ2v) is 5.12. The first kappa shape index (κ1) is 14.8. The molecule has 0 aromatic heterocycles. The van der Waals surface area contributed by atoms with Crippen LogP contribution >= 0.6 is 0 Å². The Bertz CT molecular complexity index is 305. The van der Waals surface area contributed by atoms with Crippen molar-refractivity contribution < 1.29 is 14.3 Å². The smallest absolute Gasteiger partial charge is 0.407 e. The maximum absolute atomic E-state index is 12.4. The Morgan fingerprint density at radius 3 is 2.50 bits per heavy atom. The van der Waals surface area contributed by atoms with Crippen LogP contribution in [0.25, 0.3) is 0 Å². The molecule has 0 radical (unpaired) electrons. The third-order valence-electron chi connectivity index (χ3n) is 3.44. The molecular formula is C13H24N2O3. The predicted octanol–water partition coefficient (Wildman–Crippen LogP) is 1.77. The van der Waals surface area contributed by atoms with E-state index in [-0.39, 0.29) is 11.8 Å². The number of amides is 2. The topological polar surface area (TPSA) is 58.6 Å². The van der Waals surface area contributed by atoms with Gasteiger partial charge >= 0.3 is 6.09 Å². The molecule has 0 aromatic rings. The summed E-state index contributed by atoms with van der Waals surface area (Å²) in [5.41, 5.74) is 0. The second kappa shape index (κ2) is 6.61. The fourth-order valence-electron chi connectivity index (χ4n) is 2.24. The van der Waals surface area contributed by atoms with E-state index in [0.29, 0.717) is 6.04 Å². The SMILES string of the molecule is CCC[C@H]1CCN1C(=O)[C@@H](NC(=O)OC)C(C)C. The molecule has 2 amide bonds. The molecule has 0 saturated carbocycles. The van der Waals surface area contributed by atoms with E-state index in [9.17, 15) is 9.59 Å². The van der Waals surface area contributed by atoms with Crippen molar-refractivity contribution in [2.75, 3.05) is 13.7 Å². The third-order valence-corrected chi connectivity index (χ3v) is 3.44. The molecule has 1 heterocycles. The highest BCUT2D eigenvalue weighted by Crippen LogP contribution is 2.24. The summed E-state index contributed by atoms with van der Waals surface area (Å²) in [5.74, 6) is 0.0691. The molecule has 0 spiro atoms. The van der Waals surface area contributed by atoms with E-state index in [1.165, 1.54) is 7.11 Å². The van der Waals surface area contributed by atoms with Crippen molar-refractivity contribution >= 4 is 12.0 Å². The molecule has 1 aliphatic heterocycles. The molecule has 1 saturated heterocycles. The van der Waals surface area contributed by atoms with Gasteiger partial charge in [0.25, 0.3) is 0 Å². The molecule has 1 aliphatic rings. The van der Waals surface area contributed by atoms with Crippen LogP contribution in [0.4, 0.5) is 4.79 Å². The Morgan fingerprint density at radius 2 is 2.11 bits per heavy atom. The largest absolute Gasteiger partial charge is 0.453 e. The zero-order valence-electron chi connectivity index (χ0n) is 11.7. The van der Waals surface area contributed by atoms with Crippen molar-refractivity contribution in [2.45, 2.75) is 52.1 Å². The number of hydrogen-bond donors (Lipinski definition) is 1. The molecule has 0 unspecified atom stereocenters. The highest BCUT2D eigenvalue weighted by Gasteiger charge is 2.37. The van der Waals surface area contributed by atoms with Gasteiger partial charge < -0.3 is 15.0 Å². The number of rotatable bonds is 5. The minimum Gasteiger partial charge on any atom is -0.453 e. The molecule has 1 fully saturated rings. The number of likely N-dealkylation sites (tertiary alicyclic amines) is 1.